The molecule has 0 amide bonds. The van der Waals surface area contributed by atoms with Crippen molar-refractivity contribution in [2.24, 2.45) is 0 Å². The molecule has 0 saturated carbocycles. The van der Waals surface area contributed by atoms with Gasteiger partial charge in [-0.2, -0.15) is 0 Å². The van der Waals surface area contributed by atoms with Gasteiger partial charge in [0.25, 0.3) is 0 Å². The molecule has 0 saturated heterocycles. The van der Waals surface area contributed by atoms with Crippen LogP contribution < -0.4 is 15.8 Å². The molecule has 0 aliphatic carbocycles. The molecule has 0 fully saturated rings. The normalized spacial score (nSPS) is 10.4. The molecular weight excluding hydrogens is 350 g/mol. The van der Waals surface area contributed by atoms with Crippen LogP contribution in [0.25, 0.3) is 11.3 Å². The Bertz CT molecular complexity index is 974. The zero-order valence-corrected chi connectivity index (χ0v) is 15.1. The average Bonchev–Trinajstić information content (AvgIpc) is 2.61. The fourth-order valence-corrected chi connectivity index (χ4v) is 2.75. The molecule has 3 rings (SSSR count). The molecule has 6 nitrogen and oxygen atoms in total. The molecule has 1 aromatic heterocycles. The van der Waals surface area contributed by atoms with Crippen LogP contribution >= 0.6 is 11.6 Å². The second-order valence-corrected chi connectivity index (χ2v) is 6.08. The van der Waals surface area contributed by atoms with Gasteiger partial charge in [0.1, 0.15) is 17.4 Å². The summed E-state index contributed by atoms with van der Waals surface area (Å²) >= 11 is 6.13. The van der Waals surface area contributed by atoms with Gasteiger partial charge in [0.2, 0.25) is 0 Å². The molecule has 0 atom stereocenters. The SMILES string of the molecule is COc1ccc(Cl)cc1-c1cc(Nc2ccc(C=N)c(N)c2)nc(C)n1. The quantitative estimate of drug-likeness (QED) is 0.457. The van der Waals surface area contributed by atoms with Crippen molar-refractivity contribution in [3.63, 3.8) is 0 Å². The van der Waals surface area contributed by atoms with E-state index in [1.54, 1.807) is 31.4 Å². The van der Waals surface area contributed by atoms with Gasteiger partial charge in [0, 0.05) is 39.8 Å². The molecule has 2 aromatic carbocycles. The molecule has 0 radical (unpaired) electrons. The standard InChI is InChI=1S/C19H18ClN5O/c1-11-23-17(15-7-13(20)4-6-18(15)26-2)9-19(24-11)25-14-5-3-12(10-21)16(22)8-14/h3-10,21H,22H2,1-2H3,(H,23,24,25). The number of anilines is 3. The number of benzene rings is 2. The number of nitrogen functional groups attached to an aromatic ring is 1. The Morgan fingerprint density at radius 1 is 1.15 bits per heavy atom. The second-order valence-electron chi connectivity index (χ2n) is 5.64. The summed E-state index contributed by atoms with van der Waals surface area (Å²) in [7, 11) is 1.60. The summed E-state index contributed by atoms with van der Waals surface area (Å²) in [6, 6.07) is 12.6. The third-order valence-corrected chi connectivity index (χ3v) is 4.03. The number of hydrogen-bond acceptors (Lipinski definition) is 6. The molecule has 4 N–H and O–H groups in total. The summed E-state index contributed by atoms with van der Waals surface area (Å²) in [4.78, 5) is 8.92. The monoisotopic (exact) mass is 367 g/mol. The van der Waals surface area contributed by atoms with E-state index in [2.05, 4.69) is 15.3 Å². The van der Waals surface area contributed by atoms with E-state index >= 15 is 0 Å². The number of halogens is 1. The lowest BCUT2D eigenvalue weighted by atomic mass is 10.1. The second kappa shape index (κ2) is 7.41. The van der Waals surface area contributed by atoms with Gasteiger partial charge < -0.3 is 21.2 Å². The maximum absolute atomic E-state index is 7.31. The van der Waals surface area contributed by atoms with Gasteiger partial charge in [-0.1, -0.05) is 11.6 Å². The Morgan fingerprint density at radius 2 is 1.96 bits per heavy atom. The maximum atomic E-state index is 7.31. The number of nitrogens with two attached hydrogens (primary N) is 1. The van der Waals surface area contributed by atoms with Gasteiger partial charge in [-0.05, 0) is 43.3 Å². The maximum Gasteiger partial charge on any atom is 0.134 e. The lowest BCUT2D eigenvalue weighted by molar-refractivity contribution is 0.416. The highest BCUT2D eigenvalue weighted by atomic mass is 35.5. The summed E-state index contributed by atoms with van der Waals surface area (Å²) in [5.74, 6) is 1.91. The third-order valence-electron chi connectivity index (χ3n) is 3.79. The first-order chi connectivity index (χ1) is 12.5. The number of ether oxygens (including phenoxy) is 1. The summed E-state index contributed by atoms with van der Waals surface area (Å²) in [5.41, 5.74) is 9.38. The number of aryl methyl sites for hydroxylation is 1. The summed E-state index contributed by atoms with van der Waals surface area (Å²) < 4.78 is 5.42. The number of nitrogens with zero attached hydrogens (tertiary/aromatic N) is 2. The van der Waals surface area contributed by atoms with E-state index in [-0.39, 0.29) is 0 Å². The molecule has 7 heteroatoms. The largest absolute Gasteiger partial charge is 0.496 e. The smallest absolute Gasteiger partial charge is 0.134 e. The minimum atomic E-state index is 0.521. The van der Waals surface area contributed by atoms with E-state index in [1.807, 2.05) is 25.1 Å². The Kier molecular flexibility index (Phi) is 5.04. The van der Waals surface area contributed by atoms with Gasteiger partial charge in [-0.15, -0.1) is 0 Å². The van der Waals surface area contributed by atoms with Crippen LogP contribution in [0.5, 0.6) is 5.75 Å². The van der Waals surface area contributed by atoms with Crippen molar-refractivity contribution in [3.8, 4) is 17.0 Å². The molecule has 1 heterocycles. The van der Waals surface area contributed by atoms with E-state index in [1.165, 1.54) is 6.21 Å². The van der Waals surface area contributed by atoms with Crippen LogP contribution in [0.3, 0.4) is 0 Å². The predicted octanol–water partition coefficient (Wildman–Crippen LogP) is 4.44. The van der Waals surface area contributed by atoms with Crippen LogP contribution in [0.1, 0.15) is 11.4 Å². The molecule has 0 aliphatic rings. The number of rotatable bonds is 5. The van der Waals surface area contributed by atoms with Crippen molar-refractivity contribution in [1.82, 2.24) is 9.97 Å². The van der Waals surface area contributed by atoms with E-state index in [9.17, 15) is 0 Å². The van der Waals surface area contributed by atoms with Gasteiger partial charge >= 0.3 is 0 Å². The molecule has 26 heavy (non-hydrogen) atoms. The van der Waals surface area contributed by atoms with Gasteiger partial charge in [0.15, 0.2) is 0 Å². The Morgan fingerprint density at radius 3 is 2.65 bits per heavy atom. The topological polar surface area (TPSA) is 96.9 Å². The molecule has 0 bridgehead atoms. The zero-order chi connectivity index (χ0) is 18.7. The van der Waals surface area contributed by atoms with Crippen LogP contribution in [0.4, 0.5) is 17.2 Å². The zero-order valence-electron chi connectivity index (χ0n) is 14.4. The van der Waals surface area contributed by atoms with Crippen molar-refractivity contribution in [2.75, 3.05) is 18.2 Å². The molecule has 132 valence electrons. The first-order valence-electron chi connectivity index (χ1n) is 7.87. The van der Waals surface area contributed by atoms with E-state index in [0.717, 1.165) is 11.3 Å². The summed E-state index contributed by atoms with van der Waals surface area (Å²) in [6.07, 6.45) is 1.22. The van der Waals surface area contributed by atoms with Crippen LogP contribution in [0.15, 0.2) is 42.5 Å². The number of hydrogen-bond donors (Lipinski definition) is 3. The highest BCUT2D eigenvalue weighted by Crippen LogP contribution is 2.32. The molecule has 0 spiro atoms. The third kappa shape index (κ3) is 3.75. The number of aromatic nitrogens is 2. The van der Waals surface area contributed by atoms with Crippen molar-refractivity contribution in [1.29, 1.82) is 5.41 Å². The Labute approximate surface area is 156 Å². The average molecular weight is 368 g/mol. The highest BCUT2D eigenvalue weighted by molar-refractivity contribution is 6.31. The van der Waals surface area contributed by atoms with E-state index < -0.39 is 0 Å². The van der Waals surface area contributed by atoms with E-state index in [4.69, 9.17) is 27.5 Å². The highest BCUT2D eigenvalue weighted by Gasteiger charge is 2.11. The first-order valence-corrected chi connectivity index (χ1v) is 8.24. The fraction of sp³-hybridized carbons (Fsp3) is 0.105. The minimum absolute atomic E-state index is 0.521. The lowest BCUT2D eigenvalue weighted by Gasteiger charge is -2.12. The molecule has 0 aliphatic heterocycles. The summed E-state index contributed by atoms with van der Waals surface area (Å²) in [5, 5.41) is 11.1. The fourth-order valence-electron chi connectivity index (χ4n) is 2.58. The van der Waals surface area contributed by atoms with Crippen molar-refractivity contribution in [3.05, 3.63) is 58.9 Å². The summed E-state index contributed by atoms with van der Waals surface area (Å²) in [6.45, 7) is 1.82. The van der Waals surface area contributed by atoms with Gasteiger partial charge in [-0.3, -0.25) is 0 Å². The van der Waals surface area contributed by atoms with E-state index in [0.29, 0.717) is 39.4 Å². The molecular formula is C19H18ClN5O. The minimum Gasteiger partial charge on any atom is -0.496 e. The Hall–Kier alpha value is -3.12. The number of nitrogens with one attached hydrogen (secondary N) is 2. The van der Waals surface area contributed by atoms with Crippen molar-refractivity contribution in [2.45, 2.75) is 6.92 Å². The first kappa shape index (κ1) is 17.7. The van der Waals surface area contributed by atoms with Crippen LogP contribution in [-0.4, -0.2) is 23.3 Å². The van der Waals surface area contributed by atoms with Crippen LogP contribution in [0.2, 0.25) is 5.02 Å². The van der Waals surface area contributed by atoms with Crippen LogP contribution in [-0.2, 0) is 0 Å². The van der Waals surface area contributed by atoms with Gasteiger partial charge in [-0.25, -0.2) is 9.97 Å². The van der Waals surface area contributed by atoms with Crippen molar-refractivity contribution < 1.29 is 4.74 Å². The van der Waals surface area contributed by atoms with Crippen LogP contribution in [0, 0.1) is 12.3 Å². The molecule has 3 aromatic rings. The van der Waals surface area contributed by atoms with Gasteiger partial charge in [0.05, 0.1) is 12.8 Å². The van der Waals surface area contributed by atoms with Crippen molar-refractivity contribution >= 4 is 35.0 Å². The molecule has 0 unspecified atom stereocenters. The predicted molar refractivity (Wildman–Crippen MR) is 106 cm³/mol. The lowest BCUT2D eigenvalue weighted by Crippen LogP contribution is -2.01. The number of methoxy groups -OCH3 is 1. The Balaban J connectivity index is 2.00.